The molecule has 0 saturated heterocycles. The highest BCUT2D eigenvalue weighted by Crippen LogP contribution is 2.24. The maximum absolute atomic E-state index is 11.0. The topological polar surface area (TPSA) is 92.9 Å². The Labute approximate surface area is 108 Å². The van der Waals surface area contributed by atoms with E-state index in [0.29, 0.717) is 17.2 Å². The second kappa shape index (κ2) is 5.58. The molecule has 0 bridgehead atoms. The van der Waals surface area contributed by atoms with Gasteiger partial charge in [-0.2, -0.15) is 4.37 Å². The molecule has 7 nitrogen and oxygen atoms in total. The molecule has 0 unspecified atom stereocenters. The van der Waals surface area contributed by atoms with E-state index in [0.717, 1.165) is 13.0 Å². The van der Waals surface area contributed by atoms with Crippen molar-refractivity contribution in [2.24, 2.45) is 0 Å². The lowest BCUT2D eigenvalue weighted by Crippen LogP contribution is -2.09. The molecule has 18 heavy (non-hydrogen) atoms. The van der Waals surface area contributed by atoms with Crippen LogP contribution in [0.5, 0.6) is 0 Å². The van der Waals surface area contributed by atoms with E-state index in [1.807, 2.05) is 0 Å². The molecule has 0 atom stereocenters. The zero-order chi connectivity index (χ0) is 13.0. The van der Waals surface area contributed by atoms with Crippen LogP contribution in [-0.4, -0.2) is 37.0 Å². The molecule has 0 aliphatic rings. The molecule has 8 heteroatoms. The summed E-state index contributed by atoms with van der Waals surface area (Å²) in [6.07, 6.45) is 4.25. The lowest BCUT2D eigenvalue weighted by Gasteiger charge is -2.04. The summed E-state index contributed by atoms with van der Waals surface area (Å²) >= 11 is 1.18. The highest BCUT2D eigenvalue weighted by atomic mass is 32.1. The van der Waals surface area contributed by atoms with Gasteiger partial charge in [-0.25, -0.2) is 4.79 Å². The van der Waals surface area contributed by atoms with Crippen LogP contribution in [0.2, 0.25) is 0 Å². The average Bonchev–Trinajstić information content (AvgIpc) is 2.94. The minimum Gasteiger partial charge on any atom is -0.478 e. The van der Waals surface area contributed by atoms with E-state index < -0.39 is 5.97 Å². The van der Waals surface area contributed by atoms with Crippen LogP contribution < -0.4 is 5.32 Å². The van der Waals surface area contributed by atoms with Crippen molar-refractivity contribution < 1.29 is 9.90 Å². The third-order valence-electron chi connectivity index (χ3n) is 2.40. The summed E-state index contributed by atoms with van der Waals surface area (Å²) in [5.74, 6) is -0.944. The third-order valence-corrected chi connectivity index (χ3v) is 3.29. The number of rotatable bonds is 6. The number of nitrogens with one attached hydrogen (secondary N) is 1. The first-order chi connectivity index (χ1) is 8.68. The van der Waals surface area contributed by atoms with Crippen LogP contribution in [0.4, 0.5) is 5.00 Å². The molecule has 0 aromatic carbocycles. The van der Waals surface area contributed by atoms with Crippen molar-refractivity contribution in [2.45, 2.75) is 19.9 Å². The molecule has 0 aliphatic heterocycles. The molecule has 0 aliphatic carbocycles. The normalized spacial score (nSPS) is 10.5. The Balaban J connectivity index is 1.85. The molecule has 2 aromatic heterocycles. The summed E-state index contributed by atoms with van der Waals surface area (Å²) in [5.41, 5.74) is 0.812. The molecular weight excluding hydrogens is 254 g/mol. The lowest BCUT2D eigenvalue weighted by atomic mass is 10.2. The number of hydrogen-bond acceptors (Lipinski definition) is 6. The Kier molecular flexibility index (Phi) is 3.88. The van der Waals surface area contributed by atoms with Crippen molar-refractivity contribution in [2.75, 3.05) is 11.9 Å². The second-order valence-electron chi connectivity index (χ2n) is 3.72. The molecule has 2 aromatic rings. The molecule has 2 N–H and O–H groups in total. The first-order valence-electron chi connectivity index (χ1n) is 5.46. The van der Waals surface area contributed by atoms with E-state index in [1.165, 1.54) is 11.5 Å². The summed E-state index contributed by atoms with van der Waals surface area (Å²) in [6.45, 7) is 3.11. The minimum atomic E-state index is -0.944. The lowest BCUT2D eigenvalue weighted by molar-refractivity contribution is 0.0697. The minimum absolute atomic E-state index is 0.265. The fraction of sp³-hybridized carbons (Fsp3) is 0.400. The molecule has 0 saturated carbocycles. The Morgan fingerprint density at radius 2 is 2.44 bits per heavy atom. The van der Waals surface area contributed by atoms with E-state index in [1.54, 1.807) is 24.0 Å². The quantitative estimate of drug-likeness (QED) is 0.765. The van der Waals surface area contributed by atoms with E-state index in [2.05, 4.69) is 20.0 Å². The van der Waals surface area contributed by atoms with Crippen LogP contribution >= 0.6 is 11.5 Å². The van der Waals surface area contributed by atoms with Gasteiger partial charge < -0.3 is 10.4 Å². The van der Waals surface area contributed by atoms with E-state index >= 15 is 0 Å². The number of carboxylic acids is 1. The van der Waals surface area contributed by atoms with Gasteiger partial charge in [0.25, 0.3) is 0 Å². The second-order valence-corrected chi connectivity index (χ2v) is 4.50. The monoisotopic (exact) mass is 267 g/mol. The van der Waals surface area contributed by atoms with Gasteiger partial charge in [0, 0.05) is 19.3 Å². The molecular formula is C10H13N5O2S. The third kappa shape index (κ3) is 2.83. The number of hydrogen-bond donors (Lipinski definition) is 2. The molecule has 2 rings (SSSR count). The van der Waals surface area contributed by atoms with Crippen LogP contribution in [-0.2, 0) is 6.54 Å². The highest BCUT2D eigenvalue weighted by Gasteiger charge is 2.16. The molecule has 2 heterocycles. The smallest absolute Gasteiger partial charge is 0.340 e. The summed E-state index contributed by atoms with van der Waals surface area (Å²) in [7, 11) is 0. The van der Waals surface area contributed by atoms with Gasteiger partial charge in [0.15, 0.2) is 0 Å². The van der Waals surface area contributed by atoms with Crippen LogP contribution in [0.15, 0.2) is 12.4 Å². The van der Waals surface area contributed by atoms with Crippen LogP contribution in [0, 0.1) is 6.92 Å². The predicted molar refractivity (Wildman–Crippen MR) is 66.9 cm³/mol. The van der Waals surface area contributed by atoms with Crippen molar-refractivity contribution in [3.05, 3.63) is 23.7 Å². The average molecular weight is 267 g/mol. The van der Waals surface area contributed by atoms with E-state index in [4.69, 9.17) is 5.11 Å². The van der Waals surface area contributed by atoms with Crippen LogP contribution in [0.3, 0.4) is 0 Å². The Morgan fingerprint density at radius 1 is 1.61 bits per heavy atom. The largest absolute Gasteiger partial charge is 0.478 e. The first-order valence-corrected chi connectivity index (χ1v) is 6.23. The summed E-state index contributed by atoms with van der Waals surface area (Å²) in [6, 6.07) is 0. The Bertz CT molecular complexity index is 522. The number of carboxylic acid groups (broad SMARTS) is 1. The van der Waals surface area contributed by atoms with E-state index in [9.17, 15) is 4.79 Å². The number of anilines is 1. The number of aromatic carboxylic acids is 1. The van der Waals surface area contributed by atoms with Gasteiger partial charge in [0.05, 0.1) is 11.9 Å². The van der Waals surface area contributed by atoms with Gasteiger partial charge in [-0.1, -0.05) is 5.21 Å². The van der Waals surface area contributed by atoms with Gasteiger partial charge in [0.1, 0.15) is 10.6 Å². The maximum atomic E-state index is 11.0. The number of nitrogens with zero attached hydrogens (tertiary/aromatic N) is 4. The van der Waals surface area contributed by atoms with Crippen molar-refractivity contribution in [1.82, 2.24) is 19.4 Å². The van der Waals surface area contributed by atoms with Gasteiger partial charge in [-0.05, 0) is 24.9 Å². The Morgan fingerprint density at radius 3 is 3.11 bits per heavy atom. The first kappa shape index (κ1) is 12.5. The molecule has 0 radical (unpaired) electrons. The SMILES string of the molecule is Cc1nsc(NCCCn2ccnn2)c1C(=O)O. The fourth-order valence-electron chi connectivity index (χ4n) is 1.54. The number of carbonyl (C=O) groups is 1. The summed E-state index contributed by atoms with van der Waals surface area (Å²) < 4.78 is 5.77. The molecule has 0 spiro atoms. The zero-order valence-electron chi connectivity index (χ0n) is 9.83. The van der Waals surface area contributed by atoms with Gasteiger partial charge in [0.2, 0.25) is 0 Å². The maximum Gasteiger partial charge on any atom is 0.340 e. The number of aryl methyl sites for hydroxylation is 2. The van der Waals surface area contributed by atoms with Crippen molar-refractivity contribution in [3.8, 4) is 0 Å². The molecule has 0 fully saturated rings. The Hall–Kier alpha value is -1.96. The van der Waals surface area contributed by atoms with Gasteiger partial charge in [-0.3, -0.25) is 4.68 Å². The van der Waals surface area contributed by atoms with Crippen molar-refractivity contribution in [3.63, 3.8) is 0 Å². The van der Waals surface area contributed by atoms with Crippen LogP contribution in [0.1, 0.15) is 22.5 Å². The molecule has 96 valence electrons. The van der Waals surface area contributed by atoms with Gasteiger partial charge in [-0.15, -0.1) is 5.10 Å². The van der Waals surface area contributed by atoms with Crippen molar-refractivity contribution >= 4 is 22.5 Å². The zero-order valence-corrected chi connectivity index (χ0v) is 10.6. The number of aromatic nitrogens is 4. The van der Waals surface area contributed by atoms with Crippen LogP contribution in [0.25, 0.3) is 0 Å². The highest BCUT2D eigenvalue weighted by molar-refractivity contribution is 7.10. The van der Waals surface area contributed by atoms with Crippen molar-refractivity contribution in [1.29, 1.82) is 0 Å². The predicted octanol–water partition coefficient (Wildman–Crippen LogP) is 1.24. The fourth-order valence-corrected chi connectivity index (χ4v) is 2.35. The van der Waals surface area contributed by atoms with Gasteiger partial charge >= 0.3 is 5.97 Å². The molecule has 0 amide bonds. The van der Waals surface area contributed by atoms with E-state index in [-0.39, 0.29) is 5.56 Å². The standard InChI is InChI=1S/C10H13N5O2S/c1-7-8(10(16)17)9(18-13-7)11-3-2-5-15-6-4-12-14-15/h4,6,11H,2-3,5H2,1H3,(H,16,17). The summed E-state index contributed by atoms with van der Waals surface area (Å²) in [5, 5.41) is 20.3. The summed E-state index contributed by atoms with van der Waals surface area (Å²) in [4.78, 5) is 11.0.